The fourth-order valence-electron chi connectivity index (χ4n) is 2.12. The van der Waals surface area contributed by atoms with Gasteiger partial charge < -0.3 is 5.32 Å². The molecule has 1 aliphatic carbocycles. The lowest BCUT2D eigenvalue weighted by Crippen LogP contribution is -2.36. The number of halogens is 3. The van der Waals surface area contributed by atoms with Gasteiger partial charge in [-0.2, -0.15) is 13.2 Å². The molecule has 0 radical (unpaired) electrons. The molecule has 0 aromatic heterocycles. The molecule has 2 nitrogen and oxygen atoms in total. The fraction of sp³-hybridized carbons (Fsp3) is 0.357. The molecule has 1 unspecified atom stereocenters. The Morgan fingerprint density at radius 2 is 1.95 bits per heavy atom. The molecule has 2 rings (SSSR count). The number of amides is 1. The molecule has 0 spiro atoms. The first kappa shape index (κ1) is 13.6. The van der Waals surface area contributed by atoms with Gasteiger partial charge in [0.25, 0.3) is 5.91 Å². The summed E-state index contributed by atoms with van der Waals surface area (Å²) in [4.78, 5) is 11.9. The van der Waals surface area contributed by atoms with Crippen molar-refractivity contribution in [3.8, 4) is 0 Å². The maximum absolute atomic E-state index is 12.8. The molecule has 1 aromatic rings. The van der Waals surface area contributed by atoms with Crippen molar-refractivity contribution in [1.29, 1.82) is 0 Å². The second-order valence-electron chi connectivity index (χ2n) is 4.50. The molecule has 0 fully saturated rings. The zero-order valence-electron chi connectivity index (χ0n) is 10.2. The van der Waals surface area contributed by atoms with Crippen molar-refractivity contribution < 1.29 is 18.0 Å². The first-order chi connectivity index (χ1) is 8.98. The predicted molar refractivity (Wildman–Crippen MR) is 65.7 cm³/mol. The van der Waals surface area contributed by atoms with Gasteiger partial charge in [-0.05, 0) is 31.4 Å². The molecule has 1 aliphatic rings. The zero-order chi connectivity index (χ0) is 13.9. The molecule has 19 heavy (non-hydrogen) atoms. The molecule has 1 atom stereocenters. The maximum Gasteiger partial charge on any atom is 0.417 e. The van der Waals surface area contributed by atoms with E-state index in [1.165, 1.54) is 18.2 Å². The highest BCUT2D eigenvalue weighted by Gasteiger charge is 2.35. The van der Waals surface area contributed by atoms with E-state index in [4.69, 9.17) is 0 Å². The van der Waals surface area contributed by atoms with Crippen LogP contribution < -0.4 is 5.32 Å². The Morgan fingerprint density at radius 3 is 2.58 bits per heavy atom. The van der Waals surface area contributed by atoms with Gasteiger partial charge in [0.1, 0.15) is 0 Å². The molecule has 102 valence electrons. The molecule has 0 saturated carbocycles. The van der Waals surface area contributed by atoms with Gasteiger partial charge in [0.15, 0.2) is 0 Å². The zero-order valence-corrected chi connectivity index (χ0v) is 10.2. The third-order valence-electron chi connectivity index (χ3n) is 3.08. The number of nitrogens with one attached hydrogen (secondary N) is 1. The van der Waals surface area contributed by atoms with Gasteiger partial charge in [0.05, 0.1) is 11.1 Å². The lowest BCUT2D eigenvalue weighted by Gasteiger charge is -2.20. The van der Waals surface area contributed by atoms with Crippen LogP contribution in [0.5, 0.6) is 0 Å². The fourth-order valence-corrected chi connectivity index (χ4v) is 2.12. The highest BCUT2D eigenvalue weighted by atomic mass is 19.4. The summed E-state index contributed by atoms with van der Waals surface area (Å²) in [6, 6.07) is 4.76. The van der Waals surface area contributed by atoms with Crippen LogP contribution in [-0.2, 0) is 6.18 Å². The van der Waals surface area contributed by atoms with Crippen LogP contribution in [-0.4, -0.2) is 11.9 Å². The van der Waals surface area contributed by atoms with Gasteiger partial charge in [0.2, 0.25) is 0 Å². The van der Waals surface area contributed by atoms with Crippen molar-refractivity contribution in [3.05, 3.63) is 47.5 Å². The highest BCUT2D eigenvalue weighted by molar-refractivity contribution is 5.96. The quantitative estimate of drug-likeness (QED) is 0.817. The summed E-state index contributed by atoms with van der Waals surface area (Å²) < 4.78 is 38.4. The largest absolute Gasteiger partial charge is 0.417 e. The molecule has 1 amide bonds. The van der Waals surface area contributed by atoms with E-state index >= 15 is 0 Å². The number of carbonyl (C=O) groups is 1. The van der Waals surface area contributed by atoms with Crippen molar-refractivity contribution >= 4 is 5.91 Å². The minimum absolute atomic E-state index is 0.0845. The number of benzene rings is 1. The van der Waals surface area contributed by atoms with E-state index in [0.29, 0.717) is 6.42 Å². The van der Waals surface area contributed by atoms with Gasteiger partial charge in [-0.15, -0.1) is 0 Å². The minimum Gasteiger partial charge on any atom is -0.349 e. The Balaban J connectivity index is 2.17. The number of carbonyl (C=O) groups excluding carboxylic acids is 1. The van der Waals surface area contributed by atoms with Crippen LogP contribution >= 0.6 is 0 Å². The van der Waals surface area contributed by atoms with E-state index in [9.17, 15) is 18.0 Å². The molecular formula is C14H14F3NO. The van der Waals surface area contributed by atoms with E-state index < -0.39 is 17.6 Å². The van der Waals surface area contributed by atoms with Gasteiger partial charge in [-0.3, -0.25) is 4.79 Å². The molecule has 0 heterocycles. The normalized spacial score (nSPS) is 19.2. The van der Waals surface area contributed by atoms with Gasteiger partial charge >= 0.3 is 6.18 Å². The predicted octanol–water partition coefficient (Wildman–Crippen LogP) is 3.54. The lowest BCUT2D eigenvalue weighted by atomic mass is 10.0. The standard InChI is InChI=1S/C14H14F3NO/c15-14(16,17)12-9-5-4-8-11(12)13(19)18-10-6-2-1-3-7-10/h1-2,4-5,8-10H,3,6-7H2,(H,18,19). The van der Waals surface area contributed by atoms with E-state index in [0.717, 1.165) is 18.9 Å². The Morgan fingerprint density at radius 1 is 1.21 bits per heavy atom. The smallest absolute Gasteiger partial charge is 0.349 e. The number of allylic oxidation sites excluding steroid dienone is 1. The van der Waals surface area contributed by atoms with E-state index in [1.54, 1.807) is 0 Å². The molecule has 1 aromatic carbocycles. The topological polar surface area (TPSA) is 29.1 Å². The third kappa shape index (κ3) is 3.36. The van der Waals surface area contributed by atoms with Gasteiger partial charge in [-0.1, -0.05) is 24.3 Å². The average molecular weight is 269 g/mol. The van der Waals surface area contributed by atoms with Crippen molar-refractivity contribution in [2.45, 2.75) is 31.5 Å². The molecule has 1 N–H and O–H groups in total. The van der Waals surface area contributed by atoms with E-state index in [-0.39, 0.29) is 11.6 Å². The Kier molecular flexibility index (Phi) is 3.93. The Labute approximate surface area is 109 Å². The number of hydrogen-bond donors (Lipinski definition) is 1. The summed E-state index contributed by atoms with van der Waals surface area (Å²) in [5.74, 6) is -0.659. The highest BCUT2D eigenvalue weighted by Crippen LogP contribution is 2.31. The van der Waals surface area contributed by atoms with Crippen molar-refractivity contribution in [2.24, 2.45) is 0 Å². The number of rotatable bonds is 2. The summed E-state index contributed by atoms with van der Waals surface area (Å²) in [7, 11) is 0. The molecule has 0 bridgehead atoms. The number of hydrogen-bond acceptors (Lipinski definition) is 1. The van der Waals surface area contributed by atoms with Crippen LogP contribution in [0.25, 0.3) is 0 Å². The summed E-state index contributed by atoms with van der Waals surface area (Å²) in [5, 5.41) is 2.66. The summed E-state index contributed by atoms with van der Waals surface area (Å²) in [5.41, 5.74) is -1.21. The molecular weight excluding hydrogens is 255 g/mol. The van der Waals surface area contributed by atoms with Crippen LogP contribution in [0.3, 0.4) is 0 Å². The van der Waals surface area contributed by atoms with Crippen LogP contribution in [0, 0.1) is 0 Å². The molecule has 0 aliphatic heterocycles. The van der Waals surface area contributed by atoms with Gasteiger partial charge in [-0.25, -0.2) is 0 Å². The molecule has 5 heteroatoms. The van der Waals surface area contributed by atoms with Crippen LogP contribution in [0.15, 0.2) is 36.4 Å². The Bertz CT molecular complexity index is 494. The van der Waals surface area contributed by atoms with E-state index in [1.807, 2.05) is 12.2 Å². The third-order valence-corrected chi connectivity index (χ3v) is 3.08. The van der Waals surface area contributed by atoms with Crippen LogP contribution in [0.4, 0.5) is 13.2 Å². The van der Waals surface area contributed by atoms with Crippen LogP contribution in [0.1, 0.15) is 35.2 Å². The number of alkyl halides is 3. The summed E-state index contributed by atoms with van der Waals surface area (Å²) >= 11 is 0. The second kappa shape index (κ2) is 5.47. The molecule has 0 saturated heterocycles. The SMILES string of the molecule is O=C(NC1CC=CCC1)c1ccccc1C(F)(F)F. The second-order valence-corrected chi connectivity index (χ2v) is 4.50. The Hall–Kier alpha value is -1.78. The van der Waals surface area contributed by atoms with Crippen molar-refractivity contribution in [2.75, 3.05) is 0 Å². The average Bonchev–Trinajstić information content (AvgIpc) is 2.39. The van der Waals surface area contributed by atoms with Crippen molar-refractivity contribution in [1.82, 2.24) is 5.32 Å². The monoisotopic (exact) mass is 269 g/mol. The summed E-state index contributed by atoms with van der Waals surface area (Å²) in [6.45, 7) is 0. The van der Waals surface area contributed by atoms with Gasteiger partial charge in [0, 0.05) is 6.04 Å². The minimum atomic E-state index is -4.51. The maximum atomic E-state index is 12.8. The lowest BCUT2D eigenvalue weighted by molar-refractivity contribution is -0.137. The first-order valence-corrected chi connectivity index (χ1v) is 6.10. The van der Waals surface area contributed by atoms with Crippen molar-refractivity contribution in [3.63, 3.8) is 0 Å². The summed E-state index contributed by atoms with van der Waals surface area (Å²) in [6.07, 6.45) is 1.69. The first-order valence-electron chi connectivity index (χ1n) is 6.10. The van der Waals surface area contributed by atoms with E-state index in [2.05, 4.69) is 5.32 Å². The van der Waals surface area contributed by atoms with Crippen LogP contribution in [0.2, 0.25) is 0 Å².